The van der Waals surface area contributed by atoms with E-state index in [4.69, 9.17) is 27.9 Å². The first-order chi connectivity index (χ1) is 13.7. The van der Waals surface area contributed by atoms with E-state index < -0.39 is 34.1 Å². The van der Waals surface area contributed by atoms with E-state index in [-0.39, 0.29) is 27.4 Å². The summed E-state index contributed by atoms with van der Waals surface area (Å²) < 4.78 is 33.7. The van der Waals surface area contributed by atoms with Crippen LogP contribution in [0.15, 0.2) is 23.1 Å². The van der Waals surface area contributed by atoms with E-state index in [0.29, 0.717) is 32.4 Å². The normalized spacial score (nSPS) is 27.0. The number of nitrogens with zero attached hydrogens (tertiary/aromatic N) is 2. The fraction of sp³-hybridized carbons (Fsp3) is 0.632. The van der Waals surface area contributed by atoms with Crippen molar-refractivity contribution in [2.45, 2.75) is 49.3 Å². The summed E-state index contributed by atoms with van der Waals surface area (Å²) in [6.07, 6.45) is 0.935. The van der Waals surface area contributed by atoms with Crippen molar-refractivity contribution in [3.05, 3.63) is 28.2 Å². The molecule has 2 aliphatic rings. The summed E-state index contributed by atoms with van der Waals surface area (Å²) in [6, 6.07) is 2.83. The van der Waals surface area contributed by atoms with Crippen molar-refractivity contribution in [2.75, 3.05) is 26.8 Å². The molecule has 7 nitrogen and oxygen atoms in total. The second-order valence-corrected chi connectivity index (χ2v) is 10.4. The summed E-state index contributed by atoms with van der Waals surface area (Å²) in [5, 5.41) is 10.9. The molecule has 2 heterocycles. The van der Waals surface area contributed by atoms with Gasteiger partial charge < -0.3 is 14.7 Å². The minimum Gasteiger partial charge on any atom is -0.393 e. The van der Waals surface area contributed by atoms with Gasteiger partial charge in [-0.2, -0.15) is 4.31 Å². The van der Waals surface area contributed by atoms with Crippen LogP contribution in [0.5, 0.6) is 0 Å². The number of aliphatic hydroxyl groups excluding tert-OH is 1. The number of benzene rings is 1. The number of ether oxygens (including phenoxy) is 1. The topological polar surface area (TPSA) is 87.2 Å². The Morgan fingerprint density at radius 1 is 1.24 bits per heavy atom. The smallest absolute Gasteiger partial charge is 0.244 e. The Bertz CT molecular complexity index is 844. The Hall–Kier alpha value is -0.900. The summed E-state index contributed by atoms with van der Waals surface area (Å²) in [7, 11) is -2.51. The largest absolute Gasteiger partial charge is 0.393 e. The number of hydrogen-bond donors (Lipinski definition) is 1. The van der Waals surface area contributed by atoms with Crippen LogP contribution in [0.1, 0.15) is 26.2 Å². The zero-order chi connectivity index (χ0) is 21.3. The molecule has 4 atom stereocenters. The van der Waals surface area contributed by atoms with Gasteiger partial charge in [-0.25, -0.2) is 8.42 Å². The maximum absolute atomic E-state index is 13.6. The van der Waals surface area contributed by atoms with Gasteiger partial charge in [0, 0.05) is 42.2 Å². The average Bonchev–Trinajstić information content (AvgIpc) is 2.72. The van der Waals surface area contributed by atoms with Gasteiger partial charge in [0.05, 0.1) is 17.6 Å². The van der Waals surface area contributed by atoms with Gasteiger partial charge in [0.15, 0.2) is 0 Å². The highest BCUT2D eigenvalue weighted by Crippen LogP contribution is 2.39. The number of halogens is 2. The molecule has 2 bridgehead atoms. The monoisotopic (exact) mass is 464 g/mol. The number of aliphatic hydroxyl groups is 1. The molecule has 1 aromatic rings. The molecule has 29 heavy (non-hydrogen) atoms. The van der Waals surface area contributed by atoms with Crippen molar-refractivity contribution in [2.24, 2.45) is 5.92 Å². The molecule has 2 aliphatic heterocycles. The van der Waals surface area contributed by atoms with Gasteiger partial charge in [-0.1, -0.05) is 23.2 Å². The first-order valence-corrected chi connectivity index (χ1v) is 11.8. The molecule has 1 aromatic carbocycles. The molecule has 1 amide bonds. The third kappa shape index (κ3) is 4.57. The van der Waals surface area contributed by atoms with Crippen LogP contribution in [0, 0.1) is 5.92 Å². The average molecular weight is 465 g/mol. The van der Waals surface area contributed by atoms with Gasteiger partial charge in [0.2, 0.25) is 15.9 Å². The van der Waals surface area contributed by atoms with E-state index in [1.165, 1.54) is 22.5 Å². The number of sulfonamides is 1. The van der Waals surface area contributed by atoms with Gasteiger partial charge in [0.1, 0.15) is 6.04 Å². The Morgan fingerprint density at radius 2 is 1.90 bits per heavy atom. The van der Waals surface area contributed by atoms with E-state index in [1.807, 2.05) is 0 Å². The summed E-state index contributed by atoms with van der Waals surface area (Å²) in [6.45, 7) is 2.61. The van der Waals surface area contributed by atoms with Gasteiger partial charge in [-0.05, 0) is 44.4 Å². The second kappa shape index (κ2) is 9.08. The highest BCUT2D eigenvalue weighted by Gasteiger charge is 2.51. The first kappa shape index (κ1) is 22.8. The van der Waals surface area contributed by atoms with Crippen LogP contribution in [0.25, 0.3) is 0 Å². The van der Waals surface area contributed by atoms with Gasteiger partial charge in [-0.3, -0.25) is 4.79 Å². The van der Waals surface area contributed by atoms with Crippen LogP contribution in [0.3, 0.4) is 0 Å². The Labute approximate surface area is 181 Å². The lowest BCUT2D eigenvalue weighted by Gasteiger charge is -2.41. The van der Waals surface area contributed by atoms with Crippen molar-refractivity contribution in [3.8, 4) is 0 Å². The number of carbonyl (C=O) groups is 1. The van der Waals surface area contributed by atoms with Crippen LogP contribution >= 0.6 is 23.2 Å². The molecule has 162 valence electrons. The third-order valence-electron chi connectivity index (χ3n) is 5.73. The molecular weight excluding hydrogens is 439 g/mol. The quantitative estimate of drug-likeness (QED) is 0.697. The van der Waals surface area contributed by atoms with E-state index in [0.717, 1.165) is 0 Å². The molecule has 2 saturated heterocycles. The van der Waals surface area contributed by atoms with Crippen LogP contribution in [-0.4, -0.2) is 73.6 Å². The molecule has 2 fully saturated rings. The predicted molar refractivity (Wildman–Crippen MR) is 111 cm³/mol. The number of carbonyl (C=O) groups excluding carboxylic acids is 1. The van der Waals surface area contributed by atoms with Crippen molar-refractivity contribution in [3.63, 3.8) is 0 Å². The lowest BCUT2D eigenvalue weighted by molar-refractivity contribution is -0.135. The fourth-order valence-electron chi connectivity index (χ4n) is 4.34. The highest BCUT2D eigenvalue weighted by atomic mass is 35.5. The predicted octanol–water partition coefficient (Wildman–Crippen LogP) is 2.39. The summed E-state index contributed by atoms with van der Waals surface area (Å²) >= 11 is 12.1. The van der Waals surface area contributed by atoms with Crippen LogP contribution in [0.2, 0.25) is 10.0 Å². The van der Waals surface area contributed by atoms with Crippen molar-refractivity contribution >= 4 is 39.1 Å². The Balaban J connectivity index is 2.09. The van der Waals surface area contributed by atoms with E-state index in [1.54, 1.807) is 18.9 Å². The van der Waals surface area contributed by atoms with Gasteiger partial charge in [0.25, 0.3) is 0 Å². The molecular formula is C19H26Cl2N2O5S. The van der Waals surface area contributed by atoms with E-state index in [2.05, 4.69) is 0 Å². The van der Waals surface area contributed by atoms with E-state index >= 15 is 0 Å². The molecule has 0 spiro atoms. The number of methoxy groups -OCH3 is 1. The fourth-order valence-corrected chi connectivity index (χ4v) is 6.94. The molecule has 3 rings (SSSR count). The van der Waals surface area contributed by atoms with Crippen molar-refractivity contribution in [1.82, 2.24) is 9.21 Å². The van der Waals surface area contributed by atoms with Gasteiger partial charge in [-0.15, -0.1) is 0 Å². The number of hydrogen-bond acceptors (Lipinski definition) is 5. The van der Waals surface area contributed by atoms with Crippen LogP contribution < -0.4 is 0 Å². The Morgan fingerprint density at radius 3 is 2.48 bits per heavy atom. The van der Waals surface area contributed by atoms with Crippen LogP contribution in [-0.2, 0) is 19.6 Å². The SMILES string of the molecule is COCCN1C[C@H](C(C)O)[C@H]2CCC[C@@H](C1=O)N2S(=O)(=O)c1cc(Cl)cc(Cl)c1. The number of piperidine rings is 1. The Kier molecular flexibility index (Phi) is 7.13. The zero-order valence-electron chi connectivity index (χ0n) is 16.4. The third-order valence-corrected chi connectivity index (χ3v) is 8.08. The van der Waals surface area contributed by atoms with Gasteiger partial charge >= 0.3 is 0 Å². The minimum absolute atomic E-state index is 0.0469. The standard InChI is InChI=1S/C19H26Cl2N2O5S/c1-12(24)16-11-22(6-7-28-2)19(25)18-5-3-4-17(16)23(18)29(26,27)15-9-13(20)8-14(21)10-15/h8-10,12,16-18,24H,3-7,11H2,1-2H3/t12?,16-,17-,18+/m1/s1. The summed E-state index contributed by atoms with van der Waals surface area (Å²) in [4.78, 5) is 14.9. The van der Waals surface area contributed by atoms with Crippen LogP contribution in [0.4, 0.5) is 0 Å². The van der Waals surface area contributed by atoms with Crippen molar-refractivity contribution < 1.29 is 23.1 Å². The molecule has 0 radical (unpaired) electrons. The lowest BCUT2D eigenvalue weighted by Crippen LogP contribution is -2.55. The molecule has 0 saturated carbocycles. The maximum atomic E-state index is 13.6. The van der Waals surface area contributed by atoms with Crippen molar-refractivity contribution in [1.29, 1.82) is 0 Å². The molecule has 1 unspecified atom stereocenters. The first-order valence-electron chi connectivity index (χ1n) is 9.62. The molecule has 0 aliphatic carbocycles. The molecule has 1 N–H and O–H groups in total. The molecule has 0 aromatic heterocycles. The lowest BCUT2D eigenvalue weighted by atomic mass is 9.87. The number of rotatable bonds is 6. The number of fused-ring (bicyclic) bond motifs is 2. The summed E-state index contributed by atoms with van der Waals surface area (Å²) in [5.41, 5.74) is 0. The minimum atomic E-state index is -4.06. The molecule has 10 heteroatoms. The summed E-state index contributed by atoms with van der Waals surface area (Å²) in [5.74, 6) is -0.669. The zero-order valence-corrected chi connectivity index (χ0v) is 18.8. The number of amides is 1. The highest BCUT2D eigenvalue weighted by molar-refractivity contribution is 7.89. The van der Waals surface area contributed by atoms with E-state index in [9.17, 15) is 18.3 Å². The maximum Gasteiger partial charge on any atom is 0.244 e. The second-order valence-electron chi connectivity index (χ2n) is 7.64.